The Labute approximate surface area is 98.1 Å². The first-order chi connectivity index (χ1) is 7.66. The Hall–Kier alpha value is -0.410. The van der Waals surface area contributed by atoms with E-state index in [2.05, 4.69) is 18.7 Å². The molecule has 1 saturated carbocycles. The zero-order valence-corrected chi connectivity index (χ0v) is 10.4. The fourth-order valence-corrected chi connectivity index (χ4v) is 3.00. The van der Waals surface area contributed by atoms with Crippen molar-refractivity contribution < 1.29 is 9.53 Å². The van der Waals surface area contributed by atoms with E-state index in [1.807, 2.05) is 0 Å². The van der Waals surface area contributed by atoms with Crippen LogP contribution in [0, 0.1) is 0 Å². The molecule has 1 saturated heterocycles. The maximum Gasteiger partial charge on any atom is 0.149 e. The van der Waals surface area contributed by atoms with E-state index in [1.165, 1.54) is 12.8 Å². The zero-order valence-electron chi connectivity index (χ0n) is 10.4. The molecule has 1 heterocycles. The molecule has 1 aliphatic carbocycles. The second-order valence-corrected chi connectivity index (χ2v) is 5.29. The van der Waals surface area contributed by atoms with Gasteiger partial charge in [-0.15, -0.1) is 0 Å². The Bertz CT molecular complexity index is 244. The van der Waals surface area contributed by atoms with Gasteiger partial charge in [-0.25, -0.2) is 0 Å². The minimum absolute atomic E-state index is 0.177. The molecule has 2 aliphatic rings. The molecule has 0 aromatic rings. The molecule has 0 N–H and O–H groups in total. The first-order valence-electron chi connectivity index (χ1n) is 6.59. The first-order valence-corrected chi connectivity index (χ1v) is 6.59. The summed E-state index contributed by atoms with van der Waals surface area (Å²) in [6.45, 7) is 6.04. The van der Waals surface area contributed by atoms with Crippen LogP contribution < -0.4 is 0 Å². The van der Waals surface area contributed by atoms with Gasteiger partial charge in [0, 0.05) is 19.5 Å². The number of ether oxygens (including phenoxy) is 1. The smallest absolute Gasteiger partial charge is 0.149 e. The van der Waals surface area contributed by atoms with E-state index in [0.717, 1.165) is 32.4 Å². The maximum atomic E-state index is 12.0. The van der Waals surface area contributed by atoms with E-state index >= 15 is 0 Å². The van der Waals surface area contributed by atoms with Gasteiger partial charge >= 0.3 is 0 Å². The molecule has 0 radical (unpaired) electrons. The fraction of sp³-hybridized carbons (Fsp3) is 0.923. The SMILES string of the molecule is C[C@@H]1CN(C2CCCCCC2=O)C[C@H](C)O1. The molecule has 0 spiro atoms. The van der Waals surface area contributed by atoms with Crippen LogP contribution in [0.2, 0.25) is 0 Å². The molecular weight excluding hydrogens is 202 g/mol. The Morgan fingerprint density at radius 2 is 1.81 bits per heavy atom. The van der Waals surface area contributed by atoms with Crippen LogP contribution in [-0.4, -0.2) is 42.0 Å². The first kappa shape index (κ1) is 12.1. The van der Waals surface area contributed by atoms with Crippen LogP contribution in [-0.2, 0) is 9.53 Å². The van der Waals surface area contributed by atoms with Crippen molar-refractivity contribution in [1.29, 1.82) is 0 Å². The molecule has 0 aromatic heterocycles. The number of morpholine rings is 1. The largest absolute Gasteiger partial charge is 0.373 e. The predicted octanol–water partition coefficient (Wildman–Crippen LogP) is 2.00. The van der Waals surface area contributed by atoms with Crippen molar-refractivity contribution in [2.45, 2.75) is 64.2 Å². The standard InChI is InChI=1S/C13H23NO2/c1-10-8-14(9-11(2)16-10)12-6-4-3-5-7-13(12)15/h10-12H,3-9H2,1-2H3/t10-,11+,12?. The minimum Gasteiger partial charge on any atom is -0.373 e. The number of ketones is 1. The van der Waals surface area contributed by atoms with Crippen LogP contribution in [0.1, 0.15) is 46.0 Å². The number of hydrogen-bond donors (Lipinski definition) is 0. The highest BCUT2D eigenvalue weighted by atomic mass is 16.5. The summed E-state index contributed by atoms with van der Waals surface area (Å²) in [4.78, 5) is 14.4. The van der Waals surface area contributed by atoms with Crippen molar-refractivity contribution in [3.8, 4) is 0 Å². The average molecular weight is 225 g/mol. The van der Waals surface area contributed by atoms with Crippen molar-refractivity contribution in [3.63, 3.8) is 0 Å². The Morgan fingerprint density at radius 1 is 1.12 bits per heavy atom. The van der Waals surface area contributed by atoms with Crippen molar-refractivity contribution in [1.82, 2.24) is 4.90 Å². The van der Waals surface area contributed by atoms with E-state index in [-0.39, 0.29) is 18.2 Å². The molecule has 2 fully saturated rings. The number of hydrogen-bond acceptors (Lipinski definition) is 3. The molecule has 3 heteroatoms. The van der Waals surface area contributed by atoms with E-state index in [1.54, 1.807) is 0 Å². The molecule has 2 rings (SSSR count). The number of rotatable bonds is 1. The van der Waals surface area contributed by atoms with Gasteiger partial charge in [-0.2, -0.15) is 0 Å². The lowest BCUT2D eigenvalue weighted by Gasteiger charge is -2.39. The van der Waals surface area contributed by atoms with Gasteiger partial charge in [-0.1, -0.05) is 12.8 Å². The molecule has 92 valence electrons. The van der Waals surface area contributed by atoms with Gasteiger partial charge < -0.3 is 4.74 Å². The zero-order chi connectivity index (χ0) is 11.5. The summed E-state index contributed by atoms with van der Waals surface area (Å²) in [5, 5.41) is 0. The summed E-state index contributed by atoms with van der Waals surface area (Å²) in [7, 11) is 0. The average Bonchev–Trinajstić information content (AvgIpc) is 2.41. The van der Waals surface area contributed by atoms with Gasteiger partial charge in [0.15, 0.2) is 0 Å². The van der Waals surface area contributed by atoms with E-state index in [9.17, 15) is 4.79 Å². The van der Waals surface area contributed by atoms with Crippen LogP contribution in [0.5, 0.6) is 0 Å². The van der Waals surface area contributed by atoms with Crippen LogP contribution in [0.3, 0.4) is 0 Å². The fourth-order valence-electron chi connectivity index (χ4n) is 3.00. The summed E-state index contributed by atoms with van der Waals surface area (Å²) in [5.41, 5.74) is 0. The predicted molar refractivity (Wildman–Crippen MR) is 63.5 cm³/mol. The summed E-state index contributed by atoms with van der Waals surface area (Å²) < 4.78 is 5.72. The van der Waals surface area contributed by atoms with E-state index in [0.29, 0.717) is 5.78 Å². The number of carbonyl (C=O) groups is 1. The van der Waals surface area contributed by atoms with Crippen LogP contribution in [0.15, 0.2) is 0 Å². The monoisotopic (exact) mass is 225 g/mol. The lowest BCUT2D eigenvalue weighted by atomic mass is 10.0. The number of Topliss-reactive ketones (excluding diaryl/α,β-unsaturated/α-hetero) is 1. The van der Waals surface area contributed by atoms with Crippen LogP contribution in [0.25, 0.3) is 0 Å². The topological polar surface area (TPSA) is 29.5 Å². The van der Waals surface area contributed by atoms with Gasteiger partial charge in [0.25, 0.3) is 0 Å². The molecule has 16 heavy (non-hydrogen) atoms. The second-order valence-electron chi connectivity index (χ2n) is 5.29. The molecule has 0 amide bonds. The summed E-state index contributed by atoms with van der Waals surface area (Å²) in [6.07, 6.45) is 5.88. The highest BCUT2D eigenvalue weighted by Crippen LogP contribution is 2.22. The molecule has 3 atom stereocenters. The molecule has 1 unspecified atom stereocenters. The lowest BCUT2D eigenvalue weighted by molar-refractivity contribution is -0.130. The number of carbonyl (C=O) groups excluding carboxylic acids is 1. The van der Waals surface area contributed by atoms with Gasteiger partial charge in [0.2, 0.25) is 0 Å². The lowest BCUT2D eigenvalue weighted by Crippen LogP contribution is -2.52. The van der Waals surface area contributed by atoms with Crippen LogP contribution >= 0.6 is 0 Å². The maximum absolute atomic E-state index is 12.0. The van der Waals surface area contributed by atoms with Crippen molar-refractivity contribution in [2.75, 3.05) is 13.1 Å². The summed E-state index contributed by atoms with van der Waals surface area (Å²) >= 11 is 0. The van der Waals surface area contributed by atoms with Crippen molar-refractivity contribution in [2.24, 2.45) is 0 Å². The van der Waals surface area contributed by atoms with Gasteiger partial charge in [-0.3, -0.25) is 9.69 Å². The molecular formula is C13H23NO2. The Balaban J connectivity index is 2.01. The molecule has 0 aromatic carbocycles. The molecule has 3 nitrogen and oxygen atoms in total. The van der Waals surface area contributed by atoms with Crippen LogP contribution in [0.4, 0.5) is 0 Å². The minimum atomic E-state index is 0.177. The van der Waals surface area contributed by atoms with E-state index < -0.39 is 0 Å². The number of nitrogens with zero attached hydrogens (tertiary/aromatic N) is 1. The van der Waals surface area contributed by atoms with Gasteiger partial charge in [0.05, 0.1) is 18.2 Å². The third-order valence-corrected chi connectivity index (χ3v) is 3.66. The Kier molecular flexibility index (Phi) is 3.98. The molecule has 1 aliphatic heterocycles. The van der Waals surface area contributed by atoms with Gasteiger partial charge in [-0.05, 0) is 26.7 Å². The third-order valence-electron chi connectivity index (χ3n) is 3.66. The van der Waals surface area contributed by atoms with E-state index in [4.69, 9.17) is 4.74 Å². The highest BCUT2D eigenvalue weighted by molar-refractivity contribution is 5.84. The third kappa shape index (κ3) is 2.83. The highest BCUT2D eigenvalue weighted by Gasteiger charge is 2.32. The van der Waals surface area contributed by atoms with Gasteiger partial charge in [0.1, 0.15) is 5.78 Å². The summed E-state index contributed by atoms with van der Waals surface area (Å²) in [6, 6.07) is 0.177. The van der Waals surface area contributed by atoms with Crippen molar-refractivity contribution >= 4 is 5.78 Å². The normalized spacial score (nSPS) is 38.4. The molecule has 0 bridgehead atoms. The van der Waals surface area contributed by atoms with Crippen molar-refractivity contribution in [3.05, 3.63) is 0 Å². The quantitative estimate of drug-likeness (QED) is 0.639. The Morgan fingerprint density at radius 3 is 2.50 bits per heavy atom. The summed E-state index contributed by atoms with van der Waals surface area (Å²) in [5.74, 6) is 0.457. The second kappa shape index (κ2) is 5.28.